The third-order valence-corrected chi connectivity index (χ3v) is 3.19. The van der Waals surface area contributed by atoms with E-state index in [1.54, 1.807) is 6.92 Å². The van der Waals surface area contributed by atoms with Crippen LogP contribution in [0.4, 0.5) is 0 Å². The van der Waals surface area contributed by atoms with Crippen molar-refractivity contribution in [2.75, 3.05) is 5.75 Å². The van der Waals surface area contributed by atoms with E-state index in [0.29, 0.717) is 5.75 Å². The minimum atomic E-state index is -3.74. The second-order valence-electron chi connectivity index (χ2n) is 2.22. The summed E-state index contributed by atoms with van der Waals surface area (Å²) >= 11 is 0.997. The number of carbonyl (C=O) groups excluding carboxylic acids is 1. The molecule has 2 N–H and O–H groups in total. The minimum absolute atomic E-state index is 0.0932. The van der Waals surface area contributed by atoms with Gasteiger partial charge in [0, 0.05) is 6.08 Å². The van der Waals surface area contributed by atoms with Gasteiger partial charge in [0.25, 0.3) is 10.0 Å². The van der Waals surface area contributed by atoms with Crippen LogP contribution in [0, 0.1) is 0 Å². The molecule has 5 nitrogen and oxygen atoms in total. The molecule has 0 aromatic rings. The van der Waals surface area contributed by atoms with E-state index < -0.39 is 10.0 Å². The van der Waals surface area contributed by atoms with Crippen LogP contribution in [0.2, 0.25) is 0 Å². The zero-order chi connectivity index (χ0) is 10.1. The van der Waals surface area contributed by atoms with E-state index >= 15 is 0 Å². The molecule has 0 bridgehead atoms. The van der Waals surface area contributed by atoms with Crippen LogP contribution in [-0.2, 0) is 14.8 Å². The molecule has 1 aliphatic rings. The third kappa shape index (κ3) is 2.10. The van der Waals surface area contributed by atoms with Gasteiger partial charge in [-0.15, -0.1) is 0 Å². The van der Waals surface area contributed by atoms with Crippen molar-refractivity contribution in [3.63, 3.8) is 0 Å². The van der Waals surface area contributed by atoms with Crippen LogP contribution < -0.4 is 5.73 Å². The molecule has 1 rings (SSSR count). The van der Waals surface area contributed by atoms with Crippen molar-refractivity contribution in [1.29, 1.82) is 0 Å². The van der Waals surface area contributed by atoms with E-state index in [0.717, 1.165) is 17.8 Å². The summed E-state index contributed by atoms with van der Waals surface area (Å²) in [4.78, 5) is 11.1. The van der Waals surface area contributed by atoms with E-state index in [4.69, 9.17) is 5.73 Å². The number of allylic oxidation sites excluding steroid dienone is 1. The molecule has 72 valence electrons. The van der Waals surface area contributed by atoms with Gasteiger partial charge in [-0.05, 0) is 5.75 Å². The van der Waals surface area contributed by atoms with Crippen LogP contribution >= 0.6 is 11.8 Å². The summed E-state index contributed by atoms with van der Waals surface area (Å²) in [5.74, 6) is 0.575. The summed E-state index contributed by atoms with van der Waals surface area (Å²) in [5.41, 5.74) is 5.04. The molecule has 0 spiro atoms. The first-order chi connectivity index (χ1) is 5.97. The number of rotatable bonds is 2. The van der Waals surface area contributed by atoms with Crippen LogP contribution in [0.5, 0.6) is 0 Å². The topological polar surface area (TPSA) is 89.6 Å². The fourth-order valence-electron chi connectivity index (χ4n) is 0.719. The molecule has 1 heterocycles. The lowest BCUT2D eigenvalue weighted by molar-refractivity contribution is -0.105. The molecule has 0 aliphatic carbocycles. The molecule has 0 radical (unpaired) electrons. The molecule has 7 heteroatoms. The molecular weight excluding hydrogens is 212 g/mol. The highest BCUT2D eigenvalue weighted by Crippen LogP contribution is 2.15. The van der Waals surface area contributed by atoms with Crippen molar-refractivity contribution in [2.45, 2.75) is 6.92 Å². The monoisotopic (exact) mass is 220 g/mol. The Balaban J connectivity index is 2.95. The molecule has 0 unspecified atom stereocenters. The molecule has 0 saturated carbocycles. The number of nitrogens with zero attached hydrogens (tertiary/aromatic N) is 1. The van der Waals surface area contributed by atoms with E-state index in [9.17, 15) is 13.2 Å². The number of thioether (sulfide) groups is 1. The minimum Gasteiger partial charge on any atom is -0.388 e. The van der Waals surface area contributed by atoms with Crippen LogP contribution in [0.3, 0.4) is 0 Å². The molecule has 0 saturated heterocycles. The Bertz CT molecular complexity index is 394. The number of carbonyl (C=O) groups is 1. The Hall–Kier alpha value is -0.820. The highest BCUT2D eigenvalue weighted by molar-refractivity contribution is 8.15. The smallest absolute Gasteiger partial charge is 0.297 e. The number of hydrogen-bond donors (Lipinski definition) is 1. The lowest BCUT2D eigenvalue weighted by Crippen LogP contribution is -2.05. The zero-order valence-corrected chi connectivity index (χ0v) is 8.48. The van der Waals surface area contributed by atoms with Crippen molar-refractivity contribution >= 4 is 32.6 Å². The summed E-state index contributed by atoms with van der Waals surface area (Å²) in [7, 11) is -3.74. The number of hydrogen-bond acceptors (Lipinski definition) is 5. The van der Waals surface area contributed by atoms with Gasteiger partial charge < -0.3 is 5.73 Å². The Labute approximate surface area is 80.1 Å². The van der Waals surface area contributed by atoms with E-state index in [1.807, 2.05) is 0 Å². The average molecular weight is 220 g/mol. The number of nitrogens with two attached hydrogens (primary N) is 1. The Morgan fingerprint density at radius 2 is 2.31 bits per heavy atom. The third-order valence-electron chi connectivity index (χ3n) is 1.28. The number of sulfonamides is 1. The van der Waals surface area contributed by atoms with Gasteiger partial charge in [-0.3, -0.25) is 4.79 Å². The Kier molecular flexibility index (Phi) is 2.77. The van der Waals surface area contributed by atoms with Gasteiger partial charge in [0.1, 0.15) is 5.71 Å². The van der Waals surface area contributed by atoms with Gasteiger partial charge in [0.15, 0.2) is 5.03 Å². The van der Waals surface area contributed by atoms with E-state index in [-0.39, 0.29) is 15.9 Å². The van der Waals surface area contributed by atoms with Crippen molar-refractivity contribution in [3.8, 4) is 0 Å². The van der Waals surface area contributed by atoms with E-state index in [2.05, 4.69) is 4.40 Å². The van der Waals surface area contributed by atoms with Gasteiger partial charge in [-0.1, -0.05) is 18.7 Å². The van der Waals surface area contributed by atoms with Crippen molar-refractivity contribution in [1.82, 2.24) is 0 Å². The Morgan fingerprint density at radius 1 is 1.69 bits per heavy atom. The molecular formula is C6H8N2O3S2. The molecule has 1 aliphatic heterocycles. The van der Waals surface area contributed by atoms with Gasteiger partial charge in [-0.25, -0.2) is 0 Å². The lowest BCUT2D eigenvalue weighted by atomic mass is 10.4. The quantitative estimate of drug-likeness (QED) is 0.699. The fraction of sp³-hybridized carbons (Fsp3) is 0.333. The highest BCUT2D eigenvalue weighted by Gasteiger charge is 2.25. The normalized spacial score (nSPS) is 19.5. The summed E-state index contributed by atoms with van der Waals surface area (Å²) in [6.45, 7) is 1.79. The fourth-order valence-corrected chi connectivity index (χ4v) is 2.05. The Morgan fingerprint density at radius 3 is 2.69 bits per heavy atom. The van der Waals surface area contributed by atoms with Crippen molar-refractivity contribution in [3.05, 3.63) is 11.1 Å². The first-order valence-corrected chi connectivity index (χ1v) is 5.89. The molecule has 0 aromatic carbocycles. The maximum absolute atomic E-state index is 11.1. The van der Waals surface area contributed by atoms with Gasteiger partial charge in [-0.2, -0.15) is 12.8 Å². The van der Waals surface area contributed by atoms with Crippen LogP contribution in [0.15, 0.2) is 15.5 Å². The largest absolute Gasteiger partial charge is 0.388 e. The van der Waals surface area contributed by atoms with Crippen LogP contribution in [-0.4, -0.2) is 25.0 Å². The van der Waals surface area contributed by atoms with Crippen LogP contribution in [0.25, 0.3) is 0 Å². The van der Waals surface area contributed by atoms with Crippen LogP contribution in [0.1, 0.15) is 6.92 Å². The first-order valence-electron chi connectivity index (χ1n) is 3.46. The molecule has 0 amide bonds. The van der Waals surface area contributed by atoms with Crippen molar-refractivity contribution < 1.29 is 13.2 Å². The predicted molar refractivity (Wildman–Crippen MR) is 51.8 cm³/mol. The predicted octanol–water partition coefficient (Wildman–Crippen LogP) is -0.149. The zero-order valence-electron chi connectivity index (χ0n) is 6.85. The summed E-state index contributed by atoms with van der Waals surface area (Å²) in [5, 5.41) is -0.737. The average Bonchev–Trinajstić information content (AvgIpc) is 2.27. The standard InChI is InChI=1S/C6H8N2O3S2/c1-2-12-6(9)4-3-5(7)13(10,11)8-4/h3H,2,7H2,1H3. The summed E-state index contributed by atoms with van der Waals surface area (Å²) < 4.78 is 25.1. The molecule has 0 fully saturated rings. The SMILES string of the molecule is CCSC(=O)C1=NS(=O)(=O)C(N)=C1. The lowest BCUT2D eigenvalue weighted by Gasteiger charge is -1.91. The van der Waals surface area contributed by atoms with Gasteiger partial charge in [0.05, 0.1) is 0 Å². The van der Waals surface area contributed by atoms with Gasteiger partial charge in [0.2, 0.25) is 5.12 Å². The molecule has 0 atom stereocenters. The maximum Gasteiger partial charge on any atom is 0.297 e. The molecule has 13 heavy (non-hydrogen) atoms. The second kappa shape index (κ2) is 3.51. The maximum atomic E-state index is 11.1. The van der Waals surface area contributed by atoms with Gasteiger partial charge >= 0.3 is 0 Å². The first kappa shape index (κ1) is 10.3. The molecule has 0 aromatic heterocycles. The summed E-state index contributed by atoms with van der Waals surface area (Å²) in [6.07, 6.45) is 1.08. The second-order valence-corrected chi connectivity index (χ2v) is 5.06. The summed E-state index contributed by atoms with van der Waals surface area (Å²) in [6, 6.07) is 0. The highest BCUT2D eigenvalue weighted by atomic mass is 32.2. The van der Waals surface area contributed by atoms with Crippen molar-refractivity contribution in [2.24, 2.45) is 10.1 Å². The van der Waals surface area contributed by atoms with E-state index in [1.165, 1.54) is 0 Å².